The van der Waals surface area contributed by atoms with Crippen LogP contribution in [-0.4, -0.2) is 66.1 Å². The number of hydrogen-bond donors (Lipinski definition) is 0. The molecule has 1 amide bonds. The number of ether oxygens (including phenoxy) is 1. The summed E-state index contributed by atoms with van der Waals surface area (Å²) in [5, 5.41) is 2.96. The molecule has 3 rings (SSSR count). The maximum Gasteiger partial charge on any atom is 0.273 e. The van der Waals surface area contributed by atoms with E-state index in [1.165, 1.54) is 0 Å². The van der Waals surface area contributed by atoms with Crippen molar-refractivity contribution in [2.75, 3.05) is 39.4 Å². The maximum atomic E-state index is 12.8. The van der Waals surface area contributed by atoms with Gasteiger partial charge in [0.1, 0.15) is 5.69 Å². The van der Waals surface area contributed by atoms with E-state index in [0.29, 0.717) is 23.6 Å². The van der Waals surface area contributed by atoms with E-state index in [0.717, 1.165) is 50.8 Å². The van der Waals surface area contributed by atoms with E-state index in [-0.39, 0.29) is 5.91 Å². The third-order valence-electron chi connectivity index (χ3n) is 4.97. The lowest BCUT2D eigenvalue weighted by atomic mass is 9.99. The topological polar surface area (TPSA) is 45.7 Å². The number of likely N-dealkylation sites (tertiary alicyclic amines) is 1. The third kappa shape index (κ3) is 3.59. The number of carbonyl (C=O) groups is 1. The van der Waals surface area contributed by atoms with Crippen LogP contribution < -0.4 is 0 Å². The minimum absolute atomic E-state index is 0.0994. The molecule has 2 atom stereocenters. The van der Waals surface area contributed by atoms with Crippen LogP contribution in [0.15, 0.2) is 5.38 Å². The Kier molecular flexibility index (Phi) is 5.34. The average Bonchev–Trinajstić information content (AvgIpc) is 3.22. The van der Waals surface area contributed by atoms with Crippen LogP contribution in [0.2, 0.25) is 0 Å². The second kappa shape index (κ2) is 7.28. The molecule has 2 aliphatic heterocycles. The molecule has 2 fully saturated rings. The predicted molar refractivity (Wildman–Crippen MR) is 92.1 cm³/mol. The predicted octanol–water partition coefficient (Wildman–Crippen LogP) is 2.45. The van der Waals surface area contributed by atoms with Crippen LogP contribution in [0.1, 0.15) is 48.6 Å². The van der Waals surface area contributed by atoms with Crippen LogP contribution in [0, 0.1) is 5.92 Å². The summed E-state index contributed by atoms with van der Waals surface area (Å²) in [7, 11) is 0. The fourth-order valence-electron chi connectivity index (χ4n) is 3.56. The van der Waals surface area contributed by atoms with Gasteiger partial charge in [0.15, 0.2) is 0 Å². The molecule has 0 N–H and O–H groups in total. The summed E-state index contributed by atoms with van der Waals surface area (Å²) >= 11 is 1.59. The summed E-state index contributed by atoms with van der Waals surface area (Å²) in [5.41, 5.74) is 0.621. The van der Waals surface area contributed by atoms with Crippen LogP contribution in [0.5, 0.6) is 0 Å². The van der Waals surface area contributed by atoms with Gasteiger partial charge < -0.3 is 9.64 Å². The van der Waals surface area contributed by atoms with E-state index in [1.54, 1.807) is 11.3 Å². The molecule has 1 aromatic heterocycles. The Bertz CT molecular complexity index is 540. The summed E-state index contributed by atoms with van der Waals surface area (Å²) in [6.07, 6.45) is 1.11. The van der Waals surface area contributed by atoms with Crippen molar-refractivity contribution in [2.24, 2.45) is 5.92 Å². The fourth-order valence-corrected chi connectivity index (χ4v) is 4.37. The molecule has 3 heterocycles. The van der Waals surface area contributed by atoms with E-state index < -0.39 is 0 Å². The van der Waals surface area contributed by atoms with Gasteiger partial charge in [0.2, 0.25) is 0 Å². The highest BCUT2D eigenvalue weighted by molar-refractivity contribution is 7.09. The number of morpholine rings is 1. The van der Waals surface area contributed by atoms with Gasteiger partial charge in [-0.2, -0.15) is 0 Å². The molecule has 5 nitrogen and oxygen atoms in total. The minimum Gasteiger partial charge on any atom is -0.379 e. The van der Waals surface area contributed by atoms with Gasteiger partial charge in [0.25, 0.3) is 5.91 Å². The van der Waals surface area contributed by atoms with Gasteiger partial charge >= 0.3 is 0 Å². The standard InChI is InChI=1S/C17H27N3O2S/c1-4-13-9-20(10-15(13)19-5-7-22-8-6-19)17(21)14-11-23-16(18-14)12(2)3/h11-13,15H,4-10H2,1-3H3/t13-,15-/m1/s1. The van der Waals surface area contributed by atoms with E-state index in [4.69, 9.17) is 4.74 Å². The molecule has 0 saturated carbocycles. The summed E-state index contributed by atoms with van der Waals surface area (Å²) in [6, 6.07) is 0.469. The van der Waals surface area contributed by atoms with Crippen LogP contribution >= 0.6 is 11.3 Å². The summed E-state index contributed by atoms with van der Waals surface area (Å²) in [4.78, 5) is 21.8. The second-order valence-corrected chi connectivity index (χ2v) is 7.71. The van der Waals surface area contributed by atoms with Gasteiger partial charge in [-0.3, -0.25) is 9.69 Å². The number of carbonyl (C=O) groups excluding carboxylic acids is 1. The summed E-state index contributed by atoms with van der Waals surface area (Å²) < 4.78 is 5.47. The molecule has 23 heavy (non-hydrogen) atoms. The van der Waals surface area contributed by atoms with E-state index in [2.05, 4.69) is 30.7 Å². The Labute approximate surface area is 142 Å². The number of nitrogens with zero attached hydrogens (tertiary/aromatic N) is 3. The lowest BCUT2D eigenvalue weighted by Gasteiger charge is -2.34. The van der Waals surface area contributed by atoms with Crippen LogP contribution in [0.25, 0.3) is 0 Å². The zero-order valence-electron chi connectivity index (χ0n) is 14.3. The number of amides is 1. The van der Waals surface area contributed by atoms with E-state index in [1.807, 2.05) is 10.3 Å². The first-order valence-corrected chi connectivity index (χ1v) is 9.54. The molecule has 0 bridgehead atoms. The van der Waals surface area contributed by atoms with Gasteiger partial charge in [-0.1, -0.05) is 27.2 Å². The molecule has 2 aliphatic rings. The molecule has 1 aromatic rings. The first-order valence-electron chi connectivity index (χ1n) is 8.66. The Balaban J connectivity index is 1.69. The Morgan fingerprint density at radius 3 is 2.74 bits per heavy atom. The number of thiazole rings is 1. The van der Waals surface area contributed by atoms with Crippen molar-refractivity contribution >= 4 is 17.2 Å². The molecule has 2 saturated heterocycles. The Morgan fingerprint density at radius 2 is 2.13 bits per heavy atom. The van der Waals surface area contributed by atoms with E-state index in [9.17, 15) is 4.79 Å². The Morgan fingerprint density at radius 1 is 1.39 bits per heavy atom. The highest BCUT2D eigenvalue weighted by atomic mass is 32.1. The molecule has 0 unspecified atom stereocenters. The van der Waals surface area contributed by atoms with Crippen LogP contribution in [0.3, 0.4) is 0 Å². The van der Waals surface area contributed by atoms with E-state index >= 15 is 0 Å². The molecular weight excluding hydrogens is 310 g/mol. The summed E-state index contributed by atoms with van der Waals surface area (Å²) in [5.74, 6) is 1.03. The van der Waals surface area contributed by atoms with Crippen molar-refractivity contribution in [1.29, 1.82) is 0 Å². The molecule has 0 spiro atoms. The SMILES string of the molecule is CC[C@@H]1CN(C(=O)c2csc(C(C)C)n2)C[C@H]1N1CCOCC1. The first-order chi connectivity index (χ1) is 11.1. The van der Waals surface area contributed by atoms with Crippen molar-refractivity contribution in [2.45, 2.75) is 39.2 Å². The maximum absolute atomic E-state index is 12.8. The van der Waals surface area contributed by atoms with Crippen molar-refractivity contribution in [1.82, 2.24) is 14.8 Å². The average molecular weight is 337 g/mol. The fraction of sp³-hybridized carbons (Fsp3) is 0.765. The lowest BCUT2D eigenvalue weighted by molar-refractivity contribution is 0.0102. The van der Waals surface area contributed by atoms with Crippen LogP contribution in [-0.2, 0) is 4.74 Å². The first kappa shape index (κ1) is 16.9. The van der Waals surface area contributed by atoms with Crippen molar-refractivity contribution in [3.8, 4) is 0 Å². The molecule has 6 heteroatoms. The summed E-state index contributed by atoms with van der Waals surface area (Å²) in [6.45, 7) is 11.7. The van der Waals surface area contributed by atoms with Gasteiger partial charge in [-0.05, 0) is 5.92 Å². The molecule has 128 valence electrons. The quantitative estimate of drug-likeness (QED) is 0.847. The lowest BCUT2D eigenvalue weighted by Crippen LogP contribution is -2.47. The monoisotopic (exact) mass is 337 g/mol. The van der Waals surface area contributed by atoms with Crippen molar-refractivity contribution in [3.05, 3.63) is 16.1 Å². The molecule has 0 aromatic carbocycles. The number of hydrogen-bond acceptors (Lipinski definition) is 5. The molecule has 0 aliphatic carbocycles. The highest BCUT2D eigenvalue weighted by Crippen LogP contribution is 2.28. The minimum atomic E-state index is 0.0994. The normalized spacial score (nSPS) is 26.2. The van der Waals surface area contributed by atoms with Crippen molar-refractivity contribution in [3.63, 3.8) is 0 Å². The van der Waals surface area contributed by atoms with Gasteiger partial charge in [-0.15, -0.1) is 11.3 Å². The second-order valence-electron chi connectivity index (χ2n) is 6.82. The molecular formula is C17H27N3O2S. The zero-order chi connectivity index (χ0) is 16.4. The van der Waals surface area contributed by atoms with Crippen molar-refractivity contribution < 1.29 is 9.53 Å². The van der Waals surface area contributed by atoms with Gasteiger partial charge in [0.05, 0.1) is 18.2 Å². The highest BCUT2D eigenvalue weighted by Gasteiger charge is 2.38. The smallest absolute Gasteiger partial charge is 0.273 e. The molecule has 0 radical (unpaired) electrons. The number of aromatic nitrogens is 1. The Hall–Kier alpha value is -0.980. The van der Waals surface area contributed by atoms with Gasteiger partial charge in [0, 0.05) is 43.5 Å². The van der Waals surface area contributed by atoms with Gasteiger partial charge in [-0.25, -0.2) is 4.98 Å². The van der Waals surface area contributed by atoms with Crippen LogP contribution in [0.4, 0.5) is 0 Å². The zero-order valence-corrected chi connectivity index (χ0v) is 15.1. The number of rotatable bonds is 4. The largest absolute Gasteiger partial charge is 0.379 e. The third-order valence-corrected chi connectivity index (χ3v) is 6.11.